The Balaban J connectivity index is 1.88. The molecule has 0 saturated heterocycles. The summed E-state index contributed by atoms with van der Waals surface area (Å²) in [5.41, 5.74) is 3.22. The highest BCUT2D eigenvalue weighted by molar-refractivity contribution is 9.10. The molecule has 0 atom stereocenters. The summed E-state index contributed by atoms with van der Waals surface area (Å²) < 4.78 is 3.58. The van der Waals surface area contributed by atoms with Crippen molar-refractivity contribution in [2.45, 2.75) is 0 Å². The van der Waals surface area contributed by atoms with Crippen LogP contribution < -0.4 is 4.80 Å². The molecule has 29 heavy (non-hydrogen) atoms. The number of hydrogen-bond donors (Lipinski definition) is 1. The van der Waals surface area contributed by atoms with Gasteiger partial charge in [0.2, 0.25) is 4.80 Å². The molecular formula is C21H14Br2N4OS. The minimum absolute atomic E-state index is 0.154. The maximum absolute atomic E-state index is 10.1. The van der Waals surface area contributed by atoms with Crippen LogP contribution in [0.15, 0.2) is 91.4 Å². The van der Waals surface area contributed by atoms with Crippen LogP contribution in [0, 0.1) is 0 Å². The van der Waals surface area contributed by atoms with Crippen LogP contribution >= 0.6 is 43.2 Å². The molecule has 0 unspecified atom stereocenters. The number of phenols is 1. The third kappa shape index (κ3) is 4.55. The predicted molar refractivity (Wildman–Crippen MR) is 124 cm³/mol. The molecule has 0 bridgehead atoms. The molecular weight excluding hydrogens is 516 g/mol. The Bertz CT molecular complexity index is 1250. The van der Waals surface area contributed by atoms with Gasteiger partial charge in [0.05, 0.1) is 23.8 Å². The Morgan fingerprint density at radius 3 is 2.72 bits per heavy atom. The van der Waals surface area contributed by atoms with E-state index in [4.69, 9.17) is 0 Å². The van der Waals surface area contributed by atoms with E-state index in [1.165, 1.54) is 11.3 Å². The molecule has 4 aromatic rings. The van der Waals surface area contributed by atoms with Crippen LogP contribution in [0.5, 0.6) is 5.75 Å². The lowest BCUT2D eigenvalue weighted by Gasteiger charge is -2.06. The normalized spacial score (nSPS) is 12.0. The molecule has 0 amide bonds. The van der Waals surface area contributed by atoms with Gasteiger partial charge < -0.3 is 5.11 Å². The fourth-order valence-electron chi connectivity index (χ4n) is 2.62. The van der Waals surface area contributed by atoms with Crippen molar-refractivity contribution >= 4 is 55.1 Å². The van der Waals surface area contributed by atoms with E-state index in [-0.39, 0.29) is 5.75 Å². The van der Waals surface area contributed by atoms with Gasteiger partial charge in [0.15, 0.2) is 0 Å². The molecule has 0 radical (unpaired) electrons. The molecule has 0 aliphatic heterocycles. The van der Waals surface area contributed by atoms with E-state index in [0.29, 0.717) is 10.4 Å². The van der Waals surface area contributed by atoms with Crippen molar-refractivity contribution in [1.29, 1.82) is 0 Å². The summed E-state index contributed by atoms with van der Waals surface area (Å²) in [4.78, 5) is 9.50. The highest BCUT2D eigenvalue weighted by atomic mass is 79.9. The third-order valence-electron chi connectivity index (χ3n) is 4.01. The van der Waals surface area contributed by atoms with Gasteiger partial charge in [-0.2, -0.15) is 5.10 Å². The molecule has 2 aromatic heterocycles. The molecule has 0 aliphatic carbocycles. The van der Waals surface area contributed by atoms with Crippen LogP contribution in [0.4, 0.5) is 5.69 Å². The van der Waals surface area contributed by atoms with E-state index in [1.54, 1.807) is 35.4 Å². The van der Waals surface area contributed by atoms with Gasteiger partial charge in [0.1, 0.15) is 5.75 Å². The third-order valence-corrected chi connectivity index (χ3v) is 6.01. The number of phenolic OH excluding ortho intramolecular Hbond substituents is 1. The van der Waals surface area contributed by atoms with Crippen LogP contribution in [0.2, 0.25) is 0 Å². The van der Waals surface area contributed by atoms with E-state index in [2.05, 4.69) is 46.9 Å². The summed E-state index contributed by atoms with van der Waals surface area (Å²) in [6, 6.07) is 16.9. The molecule has 5 nitrogen and oxygen atoms in total. The first-order valence-corrected chi connectivity index (χ1v) is 11.0. The number of aromatic hydroxyl groups is 1. The molecule has 0 fully saturated rings. The SMILES string of the molecule is Oc1ccc(Br)cc1C=Nn1c(-c2ccccc2Br)csc1=Nc1cccnc1. The standard InChI is InChI=1S/C21H14Br2N4OS/c22-15-7-8-20(28)14(10-15)11-25-27-19(17-5-1-2-6-18(17)23)13-29-21(27)26-16-4-3-9-24-12-16/h1-13,28H. The molecule has 8 heteroatoms. The van der Waals surface area contributed by atoms with Crippen LogP contribution in [-0.4, -0.2) is 21.0 Å². The minimum Gasteiger partial charge on any atom is -0.507 e. The van der Waals surface area contributed by atoms with Crippen LogP contribution in [0.3, 0.4) is 0 Å². The zero-order valence-electron chi connectivity index (χ0n) is 14.9. The maximum atomic E-state index is 10.1. The Kier molecular flexibility index (Phi) is 6.03. The first-order valence-electron chi connectivity index (χ1n) is 8.55. The summed E-state index contributed by atoms with van der Waals surface area (Å²) >= 11 is 8.52. The summed E-state index contributed by atoms with van der Waals surface area (Å²) in [6.45, 7) is 0. The number of nitrogens with zero attached hydrogens (tertiary/aromatic N) is 4. The quantitative estimate of drug-likeness (QED) is 0.332. The number of rotatable bonds is 4. The van der Waals surface area contributed by atoms with Crippen molar-refractivity contribution in [2.75, 3.05) is 0 Å². The lowest BCUT2D eigenvalue weighted by Crippen LogP contribution is -2.11. The molecule has 0 aliphatic rings. The summed E-state index contributed by atoms with van der Waals surface area (Å²) in [5.74, 6) is 0.154. The number of aromatic nitrogens is 2. The summed E-state index contributed by atoms with van der Waals surface area (Å²) in [5, 5.41) is 16.8. The lowest BCUT2D eigenvalue weighted by molar-refractivity contribution is 0.474. The molecule has 144 valence electrons. The number of benzene rings is 2. The van der Waals surface area contributed by atoms with Crippen LogP contribution in [-0.2, 0) is 0 Å². The van der Waals surface area contributed by atoms with Gasteiger partial charge in [-0.15, -0.1) is 11.3 Å². The van der Waals surface area contributed by atoms with Crippen molar-refractivity contribution in [1.82, 2.24) is 9.66 Å². The van der Waals surface area contributed by atoms with Gasteiger partial charge in [-0.25, -0.2) is 9.67 Å². The highest BCUT2D eigenvalue weighted by Gasteiger charge is 2.11. The molecule has 1 N–H and O–H groups in total. The van der Waals surface area contributed by atoms with Crippen LogP contribution in [0.25, 0.3) is 11.3 Å². The van der Waals surface area contributed by atoms with Crippen molar-refractivity contribution in [3.05, 3.63) is 91.7 Å². The lowest BCUT2D eigenvalue weighted by atomic mass is 10.2. The monoisotopic (exact) mass is 528 g/mol. The Morgan fingerprint density at radius 1 is 1.07 bits per heavy atom. The average molecular weight is 530 g/mol. The van der Waals surface area contributed by atoms with Gasteiger partial charge in [-0.05, 0) is 36.4 Å². The average Bonchev–Trinajstić information content (AvgIpc) is 3.12. The van der Waals surface area contributed by atoms with Crippen molar-refractivity contribution in [2.24, 2.45) is 10.1 Å². The number of halogens is 2. The zero-order chi connectivity index (χ0) is 20.2. The highest BCUT2D eigenvalue weighted by Crippen LogP contribution is 2.29. The van der Waals surface area contributed by atoms with Gasteiger partial charge >= 0.3 is 0 Å². The first kappa shape index (κ1) is 19.8. The zero-order valence-corrected chi connectivity index (χ0v) is 18.9. The minimum atomic E-state index is 0.154. The molecule has 2 heterocycles. The fraction of sp³-hybridized carbons (Fsp3) is 0. The van der Waals surface area contributed by atoms with Gasteiger partial charge in [0, 0.05) is 31.6 Å². The van der Waals surface area contributed by atoms with Gasteiger partial charge in [0.25, 0.3) is 0 Å². The molecule has 0 saturated carbocycles. The van der Waals surface area contributed by atoms with E-state index >= 15 is 0 Å². The summed E-state index contributed by atoms with van der Waals surface area (Å²) in [7, 11) is 0. The number of hydrogen-bond acceptors (Lipinski definition) is 5. The molecule has 4 rings (SSSR count). The smallest absolute Gasteiger partial charge is 0.211 e. The van der Waals surface area contributed by atoms with Crippen LogP contribution in [0.1, 0.15) is 5.56 Å². The van der Waals surface area contributed by atoms with E-state index in [0.717, 1.165) is 25.9 Å². The van der Waals surface area contributed by atoms with Crippen molar-refractivity contribution in [3.63, 3.8) is 0 Å². The van der Waals surface area contributed by atoms with Crippen molar-refractivity contribution in [3.8, 4) is 17.0 Å². The Hall–Kier alpha value is -2.55. The fourth-order valence-corrected chi connectivity index (χ4v) is 4.34. The Labute approximate surface area is 188 Å². The predicted octanol–water partition coefficient (Wildman–Crippen LogP) is 5.96. The number of pyridine rings is 1. The van der Waals surface area contributed by atoms with E-state index < -0.39 is 0 Å². The molecule has 0 spiro atoms. The van der Waals surface area contributed by atoms with Crippen molar-refractivity contribution < 1.29 is 5.11 Å². The largest absolute Gasteiger partial charge is 0.507 e. The second-order valence-electron chi connectivity index (χ2n) is 5.97. The second kappa shape index (κ2) is 8.86. The topological polar surface area (TPSA) is 62.8 Å². The molecule has 2 aromatic carbocycles. The van der Waals surface area contributed by atoms with Gasteiger partial charge in [-0.3, -0.25) is 4.98 Å². The van der Waals surface area contributed by atoms with E-state index in [9.17, 15) is 5.11 Å². The van der Waals surface area contributed by atoms with Gasteiger partial charge in [-0.1, -0.05) is 50.1 Å². The second-order valence-corrected chi connectivity index (χ2v) is 8.57. The Morgan fingerprint density at radius 2 is 1.93 bits per heavy atom. The maximum Gasteiger partial charge on any atom is 0.211 e. The summed E-state index contributed by atoms with van der Waals surface area (Å²) in [6.07, 6.45) is 5.03. The van der Waals surface area contributed by atoms with E-state index in [1.807, 2.05) is 47.8 Å². The first-order chi connectivity index (χ1) is 14.1. The number of thiazole rings is 1.